The number of rotatable bonds is 6. The van der Waals surface area contributed by atoms with Crippen molar-refractivity contribution in [2.45, 2.75) is 26.2 Å². The molecule has 3 N–H and O–H groups in total. The van der Waals surface area contributed by atoms with Crippen molar-refractivity contribution in [2.24, 2.45) is 0 Å². The summed E-state index contributed by atoms with van der Waals surface area (Å²) >= 11 is 6.14. The van der Waals surface area contributed by atoms with Crippen LogP contribution in [0.1, 0.15) is 36.5 Å². The third kappa shape index (κ3) is 4.36. The number of anilines is 2. The highest BCUT2D eigenvalue weighted by molar-refractivity contribution is 6.34. The molecule has 0 aliphatic carbocycles. The number of benzene rings is 1. The molecule has 0 saturated carbocycles. The second kappa shape index (κ2) is 7.66. The van der Waals surface area contributed by atoms with E-state index in [1.54, 1.807) is 36.7 Å². The molecule has 6 heteroatoms. The first-order valence-corrected chi connectivity index (χ1v) is 7.51. The highest BCUT2D eigenvalue weighted by atomic mass is 35.5. The van der Waals surface area contributed by atoms with Gasteiger partial charge in [-0.05, 0) is 30.7 Å². The van der Waals surface area contributed by atoms with E-state index in [2.05, 4.69) is 15.6 Å². The predicted octanol–water partition coefficient (Wildman–Crippen LogP) is 4.05. The first kappa shape index (κ1) is 16.1. The van der Waals surface area contributed by atoms with Crippen LogP contribution in [0.2, 0.25) is 5.02 Å². The Morgan fingerprint density at radius 1 is 1.23 bits per heavy atom. The van der Waals surface area contributed by atoms with Gasteiger partial charge in [0.25, 0.3) is 5.91 Å². The summed E-state index contributed by atoms with van der Waals surface area (Å²) in [5, 5.41) is 5.89. The lowest BCUT2D eigenvalue weighted by atomic mass is 10.2. The van der Waals surface area contributed by atoms with Crippen LogP contribution in [-0.2, 0) is 4.79 Å². The molecule has 0 bridgehead atoms. The van der Waals surface area contributed by atoms with Crippen LogP contribution in [0.4, 0.5) is 11.4 Å². The molecule has 0 saturated heterocycles. The number of H-pyrrole nitrogens is 1. The number of aromatic amines is 1. The summed E-state index contributed by atoms with van der Waals surface area (Å²) < 4.78 is 0. The summed E-state index contributed by atoms with van der Waals surface area (Å²) in [6, 6.07) is 6.67. The van der Waals surface area contributed by atoms with Gasteiger partial charge in [-0.3, -0.25) is 9.59 Å². The Balaban J connectivity index is 2.00. The van der Waals surface area contributed by atoms with Gasteiger partial charge in [0.05, 0.1) is 16.3 Å². The van der Waals surface area contributed by atoms with Gasteiger partial charge in [-0.1, -0.05) is 24.9 Å². The number of amides is 2. The second-order valence-corrected chi connectivity index (χ2v) is 5.31. The number of carbonyl (C=O) groups excluding carboxylic acids is 2. The summed E-state index contributed by atoms with van der Waals surface area (Å²) in [5.74, 6) is -0.287. The summed E-state index contributed by atoms with van der Waals surface area (Å²) in [5.41, 5.74) is 1.65. The maximum absolute atomic E-state index is 11.9. The SMILES string of the molecule is CCCCC(=O)Nc1ccc(NC(=O)c2cc[nH]c2)cc1Cl. The Kier molecular flexibility index (Phi) is 5.61. The molecule has 1 heterocycles. The molecule has 0 aliphatic heterocycles. The van der Waals surface area contributed by atoms with Crippen molar-refractivity contribution in [3.63, 3.8) is 0 Å². The highest BCUT2D eigenvalue weighted by Gasteiger charge is 2.09. The summed E-state index contributed by atoms with van der Waals surface area (Å²) in [6.45, 7) is 2.03. The van der Waals surface area contributed by atoms with Crippen molar-refractivity contribution in [3.8, 4) is 0 Å². The van der Waals surface area contributed by atoms with E-state index in [9.17, 15) is 9.59 Å². The minimum Gasteiger partial charge on any atom is -0.367 e. The van der Waals surface area contributed by atoms with Crippen molar-refractivity contribution >= 4 is 34.8 Å². The van der Waals surface area contributed by atoms with Crippen LogP contribution in [-0.4, -0.2) is 16.8 Å². The molecule has 2 amide bonds. The monoisotopic (exact) mass is 319 g/mol. The van der Waals surface area contributed by atoms with Gasteiger partial charge in [-0.25, -0.2) is 0 Å². The number of halogens is 1. The fourth-order valence-electron chi connectivity index (χ4n) is 1.91. The Hall–Kier alpha value is -2.27. The number of hydrogen-bond acceptors (Lipinski definition) is 2. The van der Waals surface area contributed by atoms with Crippen molar-refractivity contribution in [3.05, 3.63) is 47.2 Å². The molecule has 0 fully saturated rings. The van der Waals surface area contributed by atoms with Crippen LogP contribution >= 0.6 is 11.6 Å². The lowest BCUT2D eigenvalue weighted by Crippen LogP contribution is -2.13. The van der Waals surface area contributed by atoms with Gasteiger partial charge in [0, 0.05) is 24.5 Å². The van der Waals surface area contributed by atoms with Gasteiger partial charge in [-0.15, -0.1) is 0 Å². The van der Waals surface area contributed by atoms with E-state index < -0.39 is 0 Å². The first-order chi connectivity index (χ1) is 10.6. The minimum atomic E-state index is -0.225. The Morgan fingerprint density at radius 2 is 2.05 bits per heavy atom. The van der Waals surface area contributed by atoms with Crippen LogP contribution in [0, 0.1) is 0 Å². The highest BCUT2D eigenvalue weighted by Crippen LogP contribution is 2.26. The molecular weight excluding hydrogens is 302 g/mol. The molecule has 1 aromatic heterocycles. The van der Waals surface area contributed by atoms with Gasteiger partial charge in [0.1, 0.15) is 0 Å². The molecule has 0 unspecified atom stereocenters. The summed E-state index contributed by atoms with van der Waals surface area (Å²) in [6.07, 6.45) is 5.56. The molecule has 0 atom stereocenters. The smallest absolute Gasteiger partial charge is 0.257 e. The largest absolute Gasteiger partial charge is 0.367 e. The Morgan fingerprint density at radius 3 is 2.68 bits per heavy atom. The lowest BCUT2D eigenvalue weighted by Gasteiger charge is -2.09. The summed E-state index contributed by atoms with van der Waals surface area (Å²) in [7, 11) is 0. The second-order valence-electron chi connectivity index (χ2n) is 4.90. The van der Waals surface area contributed by atoms with Gasteiger partial charge in [0.15, 0.2) is 0 Å². The number of unbranched alkanes of at least 4 members (excludes halogenated alkanes) is 1. The van der Waals surface area contributed by atoms with Crippen molar-refractivity contribution < 1.29 is 9.59 Å². The maximum Gasteiger partial charge on any atom is 0.257 e. The number of aromatic nitrogens is 1. The zero-order valence-corrected chi connectivity index (χ0v) is 13.0. The standard InChI is InChI=1S/C16H18ClN3O2/c1-2-3-4-15(21)20-14-6-5-12(9-13(14)17)19-16(22)11-7-8-18-10-11/h5-10,18H,2-4H2,1H3,(H,19,22)(H,20,21). The molecule has 5 nitrogen and oxygen atoms in total. The van der Waals surface area contributed by atoms with Crippen molar-refractivity contribution in [1.82, 2.24) is 4.98 Å². The number of carbonyl (C=O) groups is 2. The van der Waals surface area contributed by atoms with E-state index in [0.717, 1.165) is 12.8 Å². The molecule has 0 spiro atoms. The molecule has 0 radical (unpaired) electrons. The maximum atomic E-state index is 11.9. The van der Waals surface area contributed by atoms with Gasteiger partial charge >= 0.3 is 0 Å². The topological polar surface area (TPSA) is 74.0 Å². The van der Waals surface area contributed by atoms with Crippen molar-refractivity contribution in [2.75, 3.05) is 10.6 Å². The number of hydrogen-bond donors (Lipinski definition) is 3. The number of nitrogens with one attached hydrogen (secondary N) is 3. The third-order valence-electron chi connectivity index (χ3n) is 3.12. The van der Waals surface area contributed by atoms with E-state index in [1.807, 2.05) is 6.92 Å². The van der Waals surface area contributed by atoms with Crippen LogP contribution in [0.5, 0.6) is 0 Å². The minimum absolute atomic E-state index is 0.0622. The van der Waals surface area contributed by atoms with Crippen LogP contribution in [0.15, 0.2) is 36.7 Å². The van der Waals surface area contributed by atoms with E-state index in [0.29, 0.717) is 28.4 Å². The molecule has 0 aliphatic rings. The molecule has 2 rings (SSSR count). The quantitative estimate of drug-likeness (QED) is 0.751. The van der Waals surface area contributed by atoms with Crippen molar-refractivity contribution in [1.29, 1.82) is 0 Å². The van der Waals surface area contributed by atoms with Gasteiger partial charge in [0.2, 0.25) is 5.91 Å². The first-order valence-electron chi connectivity index (χ1n) is 7.13. The van der Waals surface area contributed by atoms with Crippen LogP contribution in [0.3, 0.4) is 0 Å². The van der Waals surface area contributed by atoms with E-state index in [1.165, 1.54) is 0 Å². The fourth-order valence-corrected chi connectivity index (χ4v) is 2.14. The normalized spacial score (nSPS) is 10.3. The zero-order chi connectivity index (χ0) is 15.9. The van der Waals surface area contributed by atoms with Crippen LogP contribution < -0.4 is 10.6 Å². The molecular formula is C16H18ClN3O2. The Bertz CT molecular complexity index is 653. The van der Waals surface area contributed by atoms with E-state index in [-0.39, 0.29) is 11.8 Å². The van der Waals surface area contributed by atoms with E-state index >= 15 is 0 Å². The zero-order valence-electron chi connectivity index (χ0n) is 12.3. The Labute approximate surface area is 134 Å². The summed E-state index contributed by atoms with van der Waals surface area (Å²) in [4.78, 5) is 26.4. The lowest BCUT2D eigenvalue weighted by molar-refractivity contribution is -0.116. The molecule has 22 heavy (non-hydrogen) atoms. The average Bonchev–Trinajstić information content (AvgIpc) is 3.02. The molecule has 116 valence electrons. The van der Waals surface area contributed by atoms with Gasteiger partial charge in [-0.2, -0.15) is 0 Å². The average molecular weight is 320 g/mol. The predicted molar refractivity (Wildman–Crippen MR) is 88.4 cm³/mol. The molecule has 1 aromatic carbocycles. The van der Waals surface area contributed by atoms with E-state index in [4.69, 9.17) is 11.6 Å². The third-order valence-corrected chi connectivity index (χ3v) is 3.43. The fraction of sp³-hybridized carbons (Fsp3) is 0.250. The molecule has 2 aromatic rings. The van der Waals surface area contributed by atoms with Crippen LogP contribution in [0.25, 0.3) is 0 Å². The van der Waals surface area contributed by atoms with Gasteiger partial charge < -0.3 is 15.6 Å².